The van der Waals surface area contributed by atoms with Gasteiger partial charge in [-0.25, -0.2) is 8.78 Å². The molecular formula is C34H21F2NO. The molecule has 182 valence electrons. The van der Waals surface area contributed by atoms with Gasteiger partial charge in [0, 0.05) is 28.0 Å². The van der Waals surface area contributed by atoms with Gasteiger partial charge < -0.3 is 9.30 Å². The highest BCUT2D eigenvalue weighted by molar-refractivity contribution is 6.04. The number of fused-ring (bicyclic) bond motifs is 3. The number of hydrogen-bond donors (Lipinski definition) is 0. The molecule has 4 heteroatoms. The third kappa shape index (κ3) is 3.46. The monoisotopic (exact) mass is 497 g/mol. The Hall–Kier alpha value is -4.96. The lowest BCUT2D eigenvalue weighted by Gasteiger charge is -2.21. The third-order valence-corrected chi connectivity index (χ3v) is 7.07. The quantitative estimate of drug-likeness (QED) is 0.236. The summed E-state index contributed by atoms with van der Waals surface area (Å²) in [4.78, 5) is 0. The molecule has 0 amide bonds. The molecule has 2 heterocycles. The van der Waals surface area contributed by atoms with E-state index in [4.69, 9.17) is 4.74 Å². The average Bonchev–Trinajstić information content (AvgIpc) is 3.25. The number of rotatable bonds is 4. The van der Waals surface area contributed by atoms with Crippen LogP contribution in [0.1, 0.15) is 16.8 Å². The Morgan fingerprint density at radius 3 is 2.32 bits per heavy atom. The molecule has 0 atom stereocenters. The van der Waals surface area contributed by atoms with E-state index in [0.717, 1.165) is 67.2 Å². The lowest BCUT2D eigenvalue weighted by Crippen LogP contribution is -1.98. The maximum Gasteiger partial charge on any atom is 0.135 e. The summed E-state index contributed by atoms with van der Waals surface area (Å²) in [5.74, 6) is 0.437. The van der Waals surface area contributed by atoms with Crippen LogP contribution in [0.2, 0.25) is 0 Å². The van der Waals surface area contributed by atoms with Crippen LogP contribution in [0.4, 0.5) is 8.78 Å². The molecule has 38 heavy (non-hydrogen) atoms. The molecule has 0 fully saturated rings. The van der Waals surface area contributed by atoms with Gasteiger partial charge in [0.15, 0.2) is 0 Å². The lowest BCUT2D eigenvalue weighted by molar-refractivity contribution is 0.487. The van der Waals surface area contributed by atoms with Crippen molar-refractivity contribution in [2.24, 2.45) is 0 Å². The van der Waals surface area contributed by atoms with E-state index in [1.165, 1.54) is 12.1 Å². The highest BCUT2D eigenvalue weighted by Gasteiger charge is 2.20. The molecule has 0 saturated heterocycles. The lowest BCUT2D eigenvalue weighted by atomic mass is 9.93. The first kappa shape index (κ1) is 22.3. The van der Waals surface area contributed by atoms with Crippen molar-refractivity contribution in [2.45, 2.75) is 0 Å². The number of benzene rings is 5. The van der Waals surface area contributed by atoms with Crippen molar-refractivity contribution < 1.29 is 13.5 Å². The molecule has 5 aromatic carbocycles. The van der Waals surface area contributed by atoms with Crippen LogP contribution < -0.4 is 4.74 Å². The van der Waals surface area contributed by atoms with Gasteiger partial charge in [0.1, 0.15) is 23.1 Å². The van der Waals surface area contributed by atoms with Crippen molar-refractivity contribution in [3.05, 3.63) is 132 Å². The summed E-state index contributed by atoms with van der Waals surface area (Å²) >= 11 is 0. The summed E-state index contributed by atoms with van der Waals surface area (Å²) in [6.07, 6.45) is 5.80. The minimum Gasteiger partial charge on any atom is -0.456 e. The van der Waals surface area contributed by atoms with Gasteiger partial charge in [0.2, 0.25) is 0 Å². The number of halogens is 2. The van der Waals surface area contributed by atoms with Crippen LogP contribution >= 0.6 is 0 Å². The summed E-state index contributed by atoms with van der Waals surface area (Å²) < 4.78 is 36.3. The number of para-hydroxylation sites is 1. The van der Waals surface area contributed by atoms with Crippen LogP contribution in [0.25, 0.3) is 56.7 Å². The molecule has 0 saturated carbocycles. The molecule has 1 aliphatic rings. The van der Waals surface area contributed by atoms with E-state index in [2.05, 4.69) is 36.9 Å². The van der Waals surface area contributed by atoms with Crippen molar-refractivity contribution in [3.8, 4) is 28.3 Å². The predicted molar refractivity (Wildman–Crippen MR) is 152 cm³/mol. The van der Waals surface area contributed by atoms with Crippen LogP contribution in [-0.2, 0) is 0 Å². The fraction of sp³-hybridized carbons (Fsp3) is 0. The maximum absolute atomic E-state index is 14.1. The second-order valence-electron chi connectivity index (χ2n) is 9.33. The number of hydrogen-bond acceptors (Lipinski definition) is 1. The normalized spacial score (nSPS) is 12.2. The number of nitrogens with zero attached hydrogens (tertiary/aromatic N) is 1. The summed E-state index contributed by atoms with van der Waals surface area (Å²) in [5.41, 5.74) is 6.12. The smallest absolute Gasteiger partial charge is 0.135 e. The van der Waals surface area contributed by atoms with E-state index < -0.39 is 11.6 Å². The Bertz CT molecular complexity index is 1920. The summed E-state index contributed by atoms with van der Waals surface area (Å²) in [6, 6.07) is 29.9. The average molecular weight is 498 g/mol. The van der Waals surface area contributed by atoms with Gasteiger partial charge >= 0.3 is 0 Å². The topological polar surface area (TPSA) is 14.2 Å². The maximum atomic E-state index is 14.1. The minimum absolute atomic E-state index is 0.408. The molecule has 1 aromatic heterocycles. The van der Waals surface area contributed by atoms with Crippen molar-refractivity contribution in [3.63, 3.8) is 0 Å². The molecule has 1 aliphatic heterocycles. The number of ether oxygens (including phenoxy) is 1. The number of aromatic nitrogens is 1. The first-order chi connectivity index (χ1) is 18.6. The molecule has 0 radical (unpaired) electrons. The SMILES string of the molecule is C=Cc1c(/C=C/c2ccc3c(c2)-c2cccc4cccc(c24)O3)c2ccccc2n1-c1cc(F)cc(F)c1. The van der Waals surface area contributed by atoms with Gasteiger partial charge in [-0.05, 0) is 59.0 Å². The summed E-state index contributed by atoms with van der Waals surface area (Å²) in [7, 11) is 0. The predicted octanol–water partition coefficient (Wildman–Crippen LogP) is 9.65. The molecular weight excluding hydrogens is 476 g/mol. The molecule has 7 rings (SSSR count). The van der Waals surface area contributed by atoms with E-state index in [1.807, 2.05) is 65.3 Å². The van der Waals surface area contributed by atoms with Gasteiger partial charge in [-0.15, -0.1) is 0 Å². The second kappa shape index (κ2) is 8.56. The molecule has 0 spiro atoms. The van der Waals surface area contributed by atoms with Gasteiger partial charge in [-0.3, -0.25) is 0 Å². The van der Waals surface area contributed by atoms with Crippen LogP contribution in [0, 0.1) is 11.6 Å². The van der Waals surface area contributed by atoms with E-state index in [0.29, 0.717) is 5.69 Å². The fourth-order valence-corrected chi connectivity index (χ4v) is 5.47. The van der Waals surface area contributed by atoms with Crippen LogP contribution in [0.3, 0.4) is 0 Å². The minimum atomic E-state index is -0.627. The highest BCUT2D eigenvalue weighted by Crippen LogP contribution is 2.46. The zero-order valence-corrected chi connectivity index (χ0v) is 20.3. The zero-order valence-electron chi connectivity index (χ0n) is 20.3. The largest absolute Gasteiger partial charge is 0.456 e. The molecule has 0 unspecified atom stereocenters. The Kier molecular flexibility index (Phi) is 5.02. The zero-order chi connectivity index (χ0) is 25.8. The van der Waals surface area contributed by atoms with E-state index in [-0.39, 0.29) is 0 Å². The summed E-state index contributed by atoms with van der Waals surface area (Å²) in [6.45, 7) is 4.01. The van der Waals surface area contributed by atoms with Crippen LogP contribution in [-0.4, -0.2) is 4.57 Å². The molecule has 2 nitrogen and oxygen atoms in total. The van der Waals surface area contributed by atoms with E-state index in [1.54, 1.807) is 6.08 Å². The second-order valence-corrected chi connectivity index (χ2v) is 9.33. The Morgan fingerprint density at radius 1 is 0.711 bits per heavy atom. The Balaban J connectivity index is 1.37. The van der Waals surface area contributed by atoms with E-state index in [9.17, 15) is 8.78 Å². The Morgan fingerprint density at radius 2 is 1.50 bits per heavy atom. The first-order valence-corrected chi connectivity index (χ1v) is 12.4. The Labute approximate surface area is 218 Å². The first-order valence-electron chi connectivity index (χ1n) is 12.4. The van der Waals surface area contributed by atoms with Gasteiger partial charge in [0.05, 0.1) is 16.9 Å². The van der Waals surface area contributed by atoms with Gasteiger partial charge in [-0.2, -0.15) is 0 Å². The van der Waals surface area contributed by atoms with Gasteiger partial charge in [0.25, 0.3) is 0 Å². The standard InChI is InChI=1S/C34H21F2NO/c1-2-30-27(26-9-3-4-11-31(26)37(30)25-19-23(35)18-24(36)20-25)15-13-21-14-16-32-29(17-21)28-10-5-7-22-8-6-12-33(38-32)34(22)28/h2-20H,1H2/b15-13+. The fourth-order valence-electron chi connectivity index (χ4n) is 5.47. The van der Waals surface area contributed by atoms with Crippen LogP contribution in [0.5, 0.6) is 11.5 Å². The van der Waals surface area contributed by atoms with Crippen molar-refractivity contribution in [1.82, 2.24) is 4.57 Å². The summed E-state index contributed by atoms with van der Waals surface area (Å²) in [5, 5.41) is 3.22. The van der Waals surface area contributed by atoms with Crippen molar-refractivity contribution in [2.75, 3.05) is 0 Å². The van der Waals surface area contributed by atoms with E-state index >= 15 is 0 Å². The molecule has 0 bridgehead atoms. The molecule has 0 N–H and O–H groups in total. The molecule has 0 aliphatic carbocycles. The molecule has 6 aromatic rings. The van der Waals surface area contributed by atoms with Crippen molar-refractivity contribution in [1.29, 1.82) is 0 Å². The highest BCUT2D eigenvalue weighted by atomic mass is 19.1. The van der Waals surface area contributed by atoms with Crippen LogP contribution in [0.15, 0.2) is 104 Å². The van der Waals surface area contributed by atoms with Crippen molar-refractivity contribution >= 4 is 39.9 Å². The third-order valence-electron chi connectivity index (χ3n) is 7.07. The van der Waals surface area contributed by atoms with Gasteiger partial charge in [-0.1, -0.05) is 73.3 Å².